The molecule has 0 spiro atoms. The van der Waals surface area contributed by atoms with Crippen LogP contribution in [0.5, 0.6) is 11.6 Å². The van der Waals surface area contributed by atoms with Gasteiger partial charge < -0.3 is 9.47 Å². The van der Waals surface area contributed by atoms with Crippen molar-refractivity contribution in [2.75, 3.05) is 19.1 Å². The van der Waals surface area contributed by atoms with E-state index in [4.69, 9.17) is 14.5 Å². The van der Waals surface area contributed by atoms with Crippen molar-refractivity contribution in [3.05, 3.63) is 48.0 Å². The molecule has 0 aliphatic carbocycles. The number of anilines is 1. The van der Waals surface area contributed by atoms with Crippen LogP contribution in [0.3, 0.4) is 0 Å². The highest BCUT2D eigenvalue weighted by atomic mass is 19.4. The molecule has 0 fully saturated rings. The molecule has 1 amide bonds. The largest absolute Gasteiger partial charge is 0.491 e. The van der Waals surface area contributed by atoms with Crippen molar-refractivity contribution in [1.29, 1.82) is 0 Å². The third-order valence-electron chi connectivity index (χ3n) is 5.15. The van der Waals surface area contributed by atoms with E-state index in [1.807, 2.05) is 6.92 Å². The van der Waals surface area contributed by atoms with Crippen LogP contribution in [0.2, 0.25) is 0 Å². The van der Waals surface area contributed by atoms with E-state index in [0.717, 1.165) is 4.68 Å². The molecule has 3 aromatic rings. The second-order valence-electron chi connectivity index (χ2n) is 7.18. The lowest BCUT2D eigenvalue weighted by atomic mass is 10.1. The van der Waals surface area contributed by atoms with Gasteiger partial charge in [-0.2, -0.15) is 18.3 Å². The van der Waals surface area contributed by atoms with Crippen molar-refractivity contribution in [3.63, 3.8) is 0 Å². The normalized spacial score (nSPS) is 15.8. The molecule has 8 nitrogen and oxygen atoms in total. The molecule has 168 valence electrons. The maximum absolute atomic E-state index is 13.1. The highest BCUT2D eigenvalue weighted by molar-refractivity contribution is 6.10. The van der Waals surface area contributed by atoms with Crippen LogP contribution in [0.25, 0.3) is 11.3 Å². The van der Waals surface area contributed by atoms with Gasteiger partial charge in [0.15, 0.2) is 5.75 Å². The zero-order chi connectivity index (χ0) is 23.0. The molecule has 0 N–H and O–H groups in total. The number of rotatable bonds is 6. The van der Waals surface area contributed by atoms with Crippen molar-refractivity contribution in [3.8, 4) is 22.9 Å². The lowest BCUT2D eigenvalue weighted by Crippen LogP contribution is -2.27. The first-order valence-electron chi connectivity index (χ1n) is 9.77. The predicted molar refractivity (Wildman–Crippen MR) is 109 cm³/mol. The standard InChI is InChI=1S/C21H20F3N5O3/c1-4-16-18-14(20(30)29(16)13-9-26-28(10-13)11-21(22,23)24)5-6-15(27-18)12-7-17(31-2)19(32-3)25-8-12/h5-10,16H,4,11H2,1-3H3/t16-/m0/s1. The molecule has 4 rings (SSSR count). The smallest absolute Gasteiger partial charge is 0.408 e. The van der Waals surface area contributed by atoms with Gasteiger partial charge in [0.25, 0.3) is 11.8 Å². The van der Waals surface area contributed by atoms with Crippen LogP contribution >= 0.6 is 0 Å². The lowest BCUT2D eigenvalue weighted by molar-refractivity contribution is -0.142. The quantitative estimate of drug-likeness (QED) is 0.568. The van der Waals surface area contributed by atoms with Crippen molar-refractivity contribution in [2.45, 2.75) is 32.1 Å². The minimum atomic E-state index is -4.41. The third kappa shape index (κ3) is 3.85. The number of amides is 1. The Hall–Kier alpha value is -3.63. The molecule has 0 radical (unpaired) electrons. The Morgan fingerprint density at radius 3 is 2.59 bits per heavy atom. The first-order valence-corrected chi connectivity index (χ1v) is 9.77. The molecular formula is C21H20F3N5O3. The molecule has 0 aromatic carbocycles. The van der Waals surface area contributed by atoms with E-state index in [0.29, 0.717) is 46.3 Å². The number of carbonyl (C=O) groups excluding carboxylic acids is 1. The first kappa shape index (κ1) is 21.6. The van der Waals surface area contributed by atoms with E-state index in [1.165, 1.54) is 31.5 Å². The van der Waals surface area contributed by atoms with E-state index in [1.54, 1.807) is 24.4 Å². The topological polar surface area (TPSA) is 82.4 Å². The molecule has 0 unspecified atom stereocenters. The number of alkyl halides is 3. The molecule has 3 aromatic heterocycles. The van der Waals surface area contributed by atoms with Crippen LogP contribution in [0.4, 0.5) is 18.9 Å². The van der Waals surface area contributed by atoms with Gasteiger partial charge in [-0.25, -0.2) is 9.97 Å². The summed E-state index contributed by atoms with van der Waals surface area (Å²) in [5.41, 5.74) is 2.49. The summed E-state index contributed by atoms with van der Waals surface area (Å²) in [6.07, 6.45) is 0.183. The number of methoxy groups -OCH3 is 2. The van der Waals surface area contributed by atoms with Crippen LogP contribution in [-0.2, 0) is 6.54 Å². The number of nitrogens with zero attached hydrogens (tertiary/aromatic N) is 5. The van der Waals surface area contributed by atoms with Gasteiger partial charge in [0.1, 0.15) is 6.54 Å². The van der Waals surface area contributed by atoms with Gasteiger partial charge in [0.05, 0.1) is 49.1 Å². The fraction of sp³-hybridized carbons (Fsp3) is 0.333. The van der Waals surface area contributed by atoms with Crippen molar-refractivity contribution in [1.82, 2.24) is 19.7 Å². The third-order valence-corrected chi connectivity index (χ3v) is 5.15. The average molecular weight is 447 g/mol. The summed E-state index contributed by atoms with van der Waals surface area (Å²) in [6, 6.07) is 4.66. The van der Waals surface area contributed by atoms with Gasteiger partial charge in [0, 0.05) is 18.0 Å². The van der Waals surface area contributed by atoms with Crippen LogP contribution < -0.4 is 14.4 Å². The van der Waals surface area contributed by atoms with E-state index in [2.05, 4.69) is 10.1 Å². The Balaban J connectivity index is 1.69. The highest BCUT2D eigenvalue weighted by Gasteiger charge is 2.39. The Kier molecular flexibility index (Phi) is 5.49. The Bertz CT molecular complexity index is 1160. The number of fused-ring (bicyclic) bond motifs is 1. The molecule has 32 heavy (non-hydrogen) atoms. The van der Waals surface area contributed by atoms with Gasteiger partial charge in [0.2, 0.25) is 0 Å². The van der Waals surface area contributed by atoms with Gasteiger partial charge in [-0.1, -0.05) is 6.92 Å². The molecule has 0 bridgehead atoms. The molecule has 4 heterocycles. The Labute approximate surface area is 181 Å². The van der Waals surface area contributed by atoms with E-state index in [9.17, 15) is 18.0 Å². The maximum Gasteiger partial charge on any atom is 0.408 e. The van der Waals surface area contributed by atoms with Gasteiger partial charge >= 0.3 is 6.18 Å². The summed E-state index contributed by atoms with van der Waals surface area (Å²) < 4.78 is 49.3. The summed E-state index contributed by atoms with van der Waals surface area (Å²) in [5, 5.41) is 3.76. The summed E-state index contributed by atoms with van der Waals surface area (Å²) in [7, 11) is 2.99. The molecule has 0 saturated carbocycles. The number of carbonyl (C=O) groups is 1. The number of halogens is 3. The molecular weight excluding hydrogens is 427 g/mol. The molecule has 0 saturated heterocycles. The number of pyridine rings is 2. The fourth-order valence-corrected chi connectivity index (χ4v) is 3.76. The predicted octanol–water partition coefficient (Wildman–Crippen LogP) is 4.03. The second kappa shape index (κ2) is 8.13. The van der Waals surface area contributed by atoms with Crippen LogP contribution in [0.1, 0.15) is 35.4 Å². The van der Waals surface area contributed by atoms with Gasteiger partial charge in [-0.3, -0.25) is 14.4 Å². The lowest BCUT2D eigenvalue weighted by Gasteiger charge is -2.22. The Morgan fingerprint density at radius 1 is 1.16 bits per heavy atom. The number of hydrogen-bond donors (Lipinski definition) is 0. The SMILES string of the molecule is CC[C@H]1c2nc(-c3cnc(OC)c(OC)c3)ccc2C(=O)N1c1cnn(CC(F)(F)F)c1. The number of aromatic nitrogens is 4. The number of ether oxygens (including phenoxy) is 2. The number of hydrogen-bond acceptors (Lipinski definition) is 6. The minimum absolute atomic E-state index is 0.290. The zero-order valence-corrected chi connectivity index (χ0v) is 17.6. The van der Waals surface area contributed by atoms with E-state index >= 15 is 0 Å². The summed E-state index contributed by atoms with van der Waals surface area (Å²) in [4.78, 5) is 23.4. The van der Waals surface area contributed by atoms with Gasteiger partial charge in [-0.05, 0) is 24.6 Å². The zero-order valence-electron chi connectivity index (χ0n) is 17.6. The van der Waals surface area contributed by atoms with E-state index in [-0.39, 0.29) is 5.91 Å². The molecule has 1 aliphatic rings. The maximum atomic E-state index is 13.1. The van der Waals surface area contributed by atoms with Crippen molar-refractivity contribution in [2.24, 2.45) is 0 Å². The average Bonchev–Trinajstić information content (AvgIpc) is 3.32. The molecule has 11 heteroatoms. The fourth-order valence-electron chi connectivity index (χ4n) is 3.76. The molecule has 1 aliphatic heterocycles. The first-order chi connectivity index (χ1) is 15.3. The van der Waals surface area contributed by atoms with Crippen molar-refractivity contribution < 1.29 is 27.4 Å². The molecule has 1 atom stereocenters. The van der Waals surface area contributed by atoms with E-state index < -0.39 is 18.8 Å². The monoisotopic (exact) mass is 447 g/mol. The van der Waals surface area contributed by atoms with Crippen LogP contribution in [-0.4, -0.2) is 46.1 Å². The summed E-state index contributed by atoms with van der Waals surface area (Å²) >= 11 is 0. The second-order valence-corrected chi connectivity index (χ2v) is 7.18. The van der Waals surface area contributed by atoms with Crippen LogP contribution in [0, 0.1) is 0 Å². The summed E-state index contributed by atoms with van der Waals surface area (Å²) in [6.45, 7) is 0.653. The van der Waals surface area contributed by atoms with Crippen LogP contribution in [0.15, 0.2) is 36.8 Å². The summed E-state index contributed by atoms with van der Waals surface area (Å²) in [5.74, 6) is 0.443. The highest BCUT2D eigenvalue weighted by Crippen LogP contribution is 2.40. The van der Waals surface area contributed by atoms with Crippen molar-refractivity contribution >= 4 is 11.6 Å². The Morgan fingerprint density at radius 2 is 1.94 bits per heavy atom. The van der Waals surface area contributed by atoms with Gasteiger partial charge in [-0.15, -0.1) is 0 Å². The minimum Gasteiger partial charge on any atom is -0.491 e.